The Morgan fingerprint density at radius 3 is 2.72 bits per heavy atom. The molecule has 29 heavy (non-hydrogen) atoms. The molecule has 0 radical (unpaired) electrons. The van der Waals surface area contributed by atoms with Crippen LogP contribution in [0.25, 0.3) is 0 Å². The normalized spacial score (nSPS) is 17.4. The summed E-state index contributed by atoms with van der Waals surface area (Å²) >= 11 is 1.47. The Hall–Kier alpha value is -2.55. The fourth-order valence-corrected chi connectivity index (χ4v) is 4.35. The molecule has 1 fully saturated rings. The fraction of sp³-hybridized carbons (Fsp3) is 0.500. The van der Waals surface area contributed by atoms with Gasteiger partial charge in [0, 0.05) is 17.5 Å². The molecule has 156 valence electrons. The standard InChI is InChI=1S/C20H25N3O5S/c1-13(19(26)22-20(27)21-14-6-2-3-7-14)28-18(25)10-11-23-15-8-4-5-9-16(15)29-12-17(23)24/h4-5,8-9,13-14H,2-3,6-7,10-12H2,1H3,(H2,21,22,26,27)/t13-/m1/s1. The first-order valence-corrected chi connectivity index (χ1v) is 10.8. The molecular formula is C20H25N3O5S. The molecule has 0 saturated heterocycles. The summed E-state index contributed by atoms with van der Waals surface area (Å²) in [5.74, 6) is -1.03. The second-order valence-electron chi connectivity index (χ2n) is 7.13. The molecule has 1 aliphatic heterocycles. The zero-order chi connectivity index (χ0) is 20.8. The van der Waals surface area contributed by atoms with Gasteiger partial charge in [-0.15, -0.1) is 11.8 Å². The number of imide groups is 1. The van der Waals surface area contributed by atoms with Crippen LogP contribution in [-0.4, -0.2) is 48.3 Å². The predicted molar refractivity (Wildman–Crippen MR) is 109 cm³/mol. The van der Waals surface area contributed by atoms with E-state index in [1.165, 1.54) is 18.7 Å². The molecule has 0 aromatic heterocycles. The highest BCUT2D eigenvalue weighted by molar-refractivity contribution is 8.00. The topological polar surface area (TPSA) is 105 Å². The smallest absolute Gasteiger partial charge is 0.321 e. The molecule has 1 aliphatic carbocycles. The Balaban J connectivity index is 1.44. The van der Waals surface area contributed by atoms with Gasteiger partial charge in [-0.1, -0.05) is 25.0 Å². The van der Waals surface area contributed by atoms with Crippen LogP contribution in [0, 0.1) is 0 Å². The zero-order valence-electron chi connectivity index (χ0n) is 16.3. The predicted octanol–water partition coefficient (Wildman–Crippen LogP) is 2.22. The number of fused-ring (bicyclic) bond motifs is 1. The van der Waals surface area contributed by atoms with Gasteiger partial charge in [-0.05, 0) is 31.9 Å². The van der Waals surface area contributed by atoms with Crippen molar-refractivity contribution in [1.82, 2.24) is 10.6 Å². The van der Waals surface area contributed by atoms with Gasteiger partial charge in [0.05, 0.1) is 17.9 Å². The number of hydrogen-bond donors (Lipinski definition) is 2. The Morgan fingerprint density at radius 2 is 1.97 bits per heavy atom. The van der Waals surface area contributed by atoms with Gasteiger partial charge in [0.25, 0.3) is 5.91 Å². The minimum absolute atomic E-state index is 0.0450. The van der Waals surface area contributed by atoms with E-state index in [2.05, 4.69) is 10.6 Å². The molecule has 1 atom stereocenters. The molecule has 2 aliphatic rings. The van der Waals surface area contributed by atoms with Crippen molar-refractivity contribution < 1.29 is 23.9 Å². The first kappa shape index (κ1) is 21.2. The number of carbonyl (C=O) groups is 4. The number of urea groups is 1. The number of amides is 4. The minimum atomic E-state index is -1.10. The maximum absolute atomic E-state index is 12.2. The van der Waals surface area contributed by atoms with Crippen LogP contribution in [0.1, 0.15) is 39.0 Å². The first-order chi connectivity index (χ1) is 13.9. The molecule has 8 nitrogen and oxygen atoms in total. The highest BCUT2D eigenvalue weighted by Crippen LogP contribution is 2.34. The van der Waals surface area contributed by atoms with E-state index in [1.807, 2.05) is 24.3 Å². The van der Waals surface area contributed by atoms with Crippen molar-refractivity contribution in [3.05, 3.63) is 24.3 Å². The van der Waals surface area contributed by atoms with Crippen molar-refractivity contribution in [1.29, 1.82) is 0 Å². The molecule has 2 N–H and O–H groups in total. The Morgan fingerprint density at radius 1 is 1.24 bits per heavy atom. The molecule has 3 rings (SSSR count). The lowest BCUT2D eigenvalue weighted by atomic mass is 10.2. The number of anilines is 1. The van der Waals surface area contributed by atoms with E-state index < -0.39 is 24.0 Å². The Labute approximate surface area is 173 Å². The Bertz CT molecular complexity index is 794. The van der Waals surface area contributed by atoms with Crippen LogP contribution < -0.4 is 15.5 Å². The van der Waals surface area contributed by atoms with Crippen molar-refractivity contribution in [2.45, 2.75) is 56.1 Å². The van der Waals surface area contributed by atoms with E-state index in [4.69, 9.17) is 4.74 Å². The molecule has 4 amide bonds. The summed E-state index contributed by atoms with van der Waals surface area (Å²) in [7, 11) is 0. The number of esters is 1. The molecule has 1 aromatic rings. The van der Waals surface area contributed by atoms with Crippen molar-refractivity contribution in [3.8, 4) is 0 Å². The third-order valence-electron chi connectivity index (χ3n) is 4.95. The first-order valence-electron chi connectivity index (χ1n) is 9.77. The van der Waals surface area contributed by atoms with Gasteiger partial charge in [0.1, 0.15) is 0 Å². The van der Waals surface area contributed by atoms with Crippen LogP contribution in [0.4, 0.5) is 10.5 Å². The van der Waals surface area contributed by atoms with Gasteiger partial charge in [-0.3, -0.25) is 19.7 Å². The summed E-state index contributed by atoms with van der Waals surface area (Å²) in [5, 5.41) is 4.95. The summed E-state index contributed by atoms with van der Waals surface area (Å²) in [6.45, 7) is 1.58. The van der Waals surface area contributed by atoms with Crippen LogP contribution in [0.2, 0.25) is 0 Å². The molecule has 9 heteroatoms. The lowest BCUT2D eigenvalue weighted by Crippen LogP contribution is -2.47. The second kappa shape index (κ2) is 9.78. The average molecular weight is 420 g/mol. The maximum Gasteiger partial charge on any atom is 0.321 e. The van der Waals surface area contributed by atoms with E-state index in [-0.39, 0.29) is 24.9 Å². The van der Waals surface area contributed by atoms with Crippen LogP contribution >= 0.6 is 11.8 Å². The van der Waals surface area contributed by atoms with Gasteiger partial charge in [-0.2, -0.15) is 0 Å². The number of para-hydroxylation sites is 1. The third kappa shape index (κ3) is 5.72. The van der Waals surface area contributed by atoms with Crippen molar-refractivity contribution in [3.63, 3.8) is 0 Å². The summed E-state index contributed by atoms with van der Waals surface area (Å²) in [4.78, 5) is 50.8. The van der Waals surface area contributed by atoms with Crippen LogP contribution in [-0.2, 0) is 19.1 Å². The maximum atomic E-state index is 12.2. The molecular weight excluding hydrogens is 394 g/mol. The van der Waals surface area contributed by atoms with E-state index in [0.29, 0.717) is 5.75 Å². The lowest BCUT2D eigenvalue weighted by Gasteiger charge is -2.28. The van der Waals surface area contributed by atoms with E-state index in [9.17, 15) is 19.2 Å². The largest absolute Gasteiger partial charge is 0.452 e. The number of thioether (sulfide) groups is 1. The third-order valence-corrected chi connectivity index (χ3v) is 6.00. The number of benzene rings is 1. The molecule has 0 bridgehead atoms. The number of ether oxygens (including phenoxy) is 1. The fourth-order valence-electron chi connectivity index (χ4n) is 3.42. The van der Waals surface area contributed by atoms with Crippen LogP contribution in [0.5, 0.6) is 0 Å². The highest BCUT2D eigenvalue weighted by atomic mass is 32.2. The van der Waals surface area contributed by atoms with E-state index in [1.54, 1.807) is 4.90 Å². The highest BCUT2D eigenvalue weighted by Gasteiger charge is 2.26. The monoisotopic (exact) mass is 419 g/mol. The average Bonchev–Trinajstić information content (AvgIpc) is 3.19. The van der Waals surface area contributed by atoms with Crippen molar-refractivity contribution >= 4 is 41.3 Å². The van der Waals surface area contributed by atoms with Gasteiger partial charge in [-0.25, -0.2) is 4.79 Å². The van der Waals surface area contributed by atoms with Gasteiger partial charge >= 0.3 is 12.0 Å². The van der Waals surface area contributed by atoms with Crippen molar-refractivity contribution in [2.75, 3.05) is 17.2 Å². The molecule has 1 saturated carbocycles. The summed E-state index contributed by atoms with van der Waals surface area (Å²) in [5.41, 5.74) is 0.774. The number of carbonyl (C=O) groups excluding carboxylic acids is 4. The van der Waals surface area contributed by atoms with E-state index >= 15 is 0 Å². The SMILES string of the molecule is C[C@@H](OC(=O)CCN1C(=O)CSc2ccccc21)C(=O)NC(=O)NC1CCCC1. The number of hydrogen-bond acceptors (Lipinski definition) is 6. The quantitative estimate of drug-likeness (QED) is 0.685. The summed E-state index contributed by atoms with van der Waals surface area (Å²) < 4.78 is 5.12. The molecule has 1 aromatic carbocycles. The Kier molecular flexibility index (Phi) is 7.13. The minimum Gasteiger partial charge on any atom is -0.452 e. The lowest BCUT2D eigenvalue weighted by molar-refractivity contribution is -0.154. The molecule has 1 heterocycles. The number of rotatable bonds is 6. The summed E-state index contributed by atoms with van der Waals surface area (Å²) in [6, 6.07) is 7.02. The van der Waals surface area contributed by atoms with Crippen molar-refractivity contribution in [2.24, 2.45) is 0 Å². The van der Waals surface area contributed by atoms with Gasteiger partial charge in [0.15, 0.2) is 6.10 Å². The summed E-state index contributed by atoms with van der Waals surface area (Å²) in [6.07, 6.45) is 2.80. The molecule has 0 spiro atoms. The van der Waals surface area contributed by atoms with Gasteiger partial charge in [0.2, 0.25) is 5.91 Å². The van der Waals surface area contributed by atoms with Crippen LogP contribution in [0.3, 0.4) is 0 Å². The number of nitrogens with one attached hydrogen (secondary N) is 2. The van der Waals surface area contributed by atoms with E-state index in [0.717, 1.165) is 36.3 Å². The molecule has 0 unspecified atom stereocenters. The van der Waals surface area contributed by atoms with Gasteiger partial charge < -0.3 is 15.0 Å². The van der Waals surface area contributed by atoms with Crippen LogP contribution in [0.15, 0.2) is 29.2 Å². The second-order valence-corrected chi connectivity index (χ2v) is 8.15. The zero-order valence-corrected chi connectivity index (χ0v) is 17.1. The number of nitrogens with zero attached hydrogens (tertiary/aromatic N) is 1.